The fraction of sp³-hybridized carbons (Fsp3) is 0.154. The zero-order chi connectivity index (χ0) is 21.8. The number of benzene rings is 3. The number of rotatable bonds is 7. The molecule has 1 amide bonds. The first-order chi connectivity index (χ1) is 15.1. The van der Waals surface area contributed by atoms with Gasteiger partial charge in [0.05, 0.1) is 18.7 Å². The first kappa shape index (κ1) is 20.4. The summed E-state index contributed by atoms with van der Waals surface area (Å²) >= 11 is 0. The second kappa shape index (κ2) is 8.88. The van der Waals surface area contributed by atoms with Gasteiger partial charge in [-0.2, -0.15) is 0 Å². The number of hydrogen-bond donors (Lipinski definition) is 1. The molecule has 1 N–H and O–H groups in total. The fourth-order valence-corrected chi connectivity index (χ4v) is 3.82. The minimum Gasteiger partial charge on any atom is -0.497 e. The molecule has 1 aromatic heterocycles. The minimum atomic E-state index is -0.540. The Labute approximate surface area is 181 Å². The Morgan fingerprint density at radius 2 is 1.61 bits per heavy atom. The van der Waals surface area contributed by atoms with Gasteiger partial charge in [-0.3, -0.25) is 9.59 Å². The Morgan fingerprint density at radius 1 is 0.935 bits per heavy atom. The molecular weight excluding hydrogens is 388 g/mol. The zero-order valence-electron chi connectivity index (χ0n) is 17.5. The molecule has 0 aliphatic carbocycles. The van der Waals surface area contributed by atoms with E-state index in [2.05, 4.69) is 4.98 Å². The number of fused-ring (bicyclic) bond motifs is 1. The van der Waals surface area contributed by atoms with Crippen LogP contribution in [0.25, 0.3) is 10.9 Å². The zero-order valence-corrected chi connectivity index (χ0v) is 17.5. The third-order valence-electron chi connectivity index (χ3n) is 5.59. The molecule has 1 atom stereocenters. The molecule has 5 heteroatoms. The van der Waals surface area contributed by atoms with Crippen molar-refractivity contribution in [2.75, 3.05) is 14.2 Å². The van der Waals surface area contributed by atoms with Gasteiger partial charge in [0.1, 0.15) is 5.75 Å². The van der Waals surface area contributed by atoms with E-state index in [1.54, 1.807) is 25.3 Å². The van der Waals surface area contributed by atoms with Crippen LogP contribution in [0, 0.1) is 0 Å². The van der Waals surface area contributed by atoms with Crippen molar-refractivity contribution in [1.29, 1.82) is 0 Å². The average molecular weight is 412 g/mol. The van der Waals surface area contributed by atoms with Crippen LogP contribution in [0.1, 0.15) is 27.5 Å². The number of H-pyrrole nitrogens is 1. The van der Waals surface area contributed by atoms with Gasteiger partial charge < -0.3 is 14.6 Å². The third kappa shape index (κ3) is 4.21. The Kier molecular flexibility index (Phi) is 5.85. The van der Waals surface area contributed by atoms with E-state index in [1.807, 2.05) is 78.9 Å². The fourth-order valence-electron chi connectivity index (χ4n) is 3.82. The lowest BCUT2D eigenvalue weighted by molar-refractivity contribution is -0.127. The summed E-state index contributed by atoms with van der Waals surface area (Å²) in [6.45, 7) is 0. The second-order valence-electron chi connectivity index (χ2n) is 7.47. The van der Waals surface area contributed by atoms with Crippen molar-refractivity contribution >= 4 is 22.6 Å². The van der Waals surface area contributed by atoms with Gasteiger partial charge in [0, 0.05) is 24.1 Å². The maximum absolute atomic E-state index is 13.3. The van der Waals surface area contributed by atoms with Gasteiger partial charge in [-0.25, -0.2) is 0 Å². The predicted molar refractivity (Wildman–Crippen MR) is 121 cm³/mol. The van der Waals surface area contributed by atoms with Crippen LogP contribution in [0.3, 0.4) is 0 Å². The highest BCUT2D eigenvalue weighted by atomic mass is 16.5. The van der Waals surface area contributed by atoms with Crippen LogP contribution in [-0.4, -0.2) is 35.7 Å². The van der Waals surface area contributed by atoms with E-state index >= 15 is 0 Å². The predicted octanol–water partition coefficient (Wildman–Crippen LogP) is 4.80. The monoisotopic (exact) mass is 412 g/mol. The van der Waals surface area contributed by atoms with Crippen molar-refractivity contribution in [3.63, 3.8) is 0 Å². The number of likely N-dealkylation sites (N-methyl/N-ethyl adjacent to an activating group) is 1. The minimum absolute atomic E-state index is 0.296. The van der Waals surface area contributed by atoms with E-state index in [4.69, 9.17) is 4.74 Å². The van der Waals surface area contributed by atoms with Gasteiger partial charge in [-0.05, 0) is 35.7 Å². The third-order valence-corrected chi connectivity index (χ3v) is 5.59. The van der Waals surface area contributed by atoms with Crippen LogP contribution in [0.2, 0.25) is 0 Å². The molecule has 3 aromatic carbocycles. The van der Waals surface area contributed by atoms with Crippen LogP contribution in [0.4, 0.5) is 0 Å². The second-order valence-corrected chi connectivity index (χ2v) is 7.47. The molecule has 1 heterocycles. The molecular formula is C26H24N2O3. The number of nitrogens with one attached hydrogen (secondary N) is 1. The van der Waals surface area contributed by atoms with Crippen LogP contribution in [0.15, 0.2) is 85.1 Å². The highest BCUT2D eigenvalue weighted by Gasteiger charge is 2.29. The molecule has 156 valence electrons. The number of ether oxygens (including phenoxy) is 1. The van der Waals surface area contributed by atoms with Crippen molar-refractivity contribution in [1.82, 2.24) is 9.88 Å². The molecule has 0 aliphatic rings. The number of para-hydroxylation sites is 1. The molecule has 0 fully saturated rings. The van der Waals surface area contributed by atoms with Crippen molar-refractivity contribution in [2.24, 2.45) is 0 Å². The van der Waals surface area contributed by atoms with Crippen LogP contribution in [-0.2, 0) is 11.2 Å². The molecule has 31 heavy (non-hydrogen) atoms. The number of ketones is 1. The smallest absolute Gasteiger partial charge is 0.295 e. The van der Waals surface area contributed by atoms with Gasteiger partial charge in [0.15, 0.2) is 0 Å². The van der Waals surface area contributed by atoms with Gasteiger partial charge in [-0.1, -0.05) is 60.7 Å². The van der Waals surface area contributed by atoms with Crippen LogP contribution in [0.5, 0.6) is 5.75 Å². The number of nitrogens with zero attached hydrogens (tertiary/aromatic N) is 1. The van der Waals surface area contributed by atoms with E-state index in [1.165, 1.54) is 0 Å². The number of carbonyl (C=O) groups excluding carboxylic acids is 2. The summed E-state index contributed by atoms with van der Waals surface area (Å²) in [6.07, 6.45) is 2.20. The Morgan fingerprint density at radius 3 is 2.32 bits per heavy atom. The first-order valence-corrected chi connectivity index (χ1v) is 10.1. The average Bonchev–Trinajstić information content (AvgIpc) is 3.26. The number of aromatic amines is 1. The summed E-state index contributed by atoms with van der Waals surface area (Å²) in [7, 11) is 3.30. The molecule has 0 unspecified atom stereocenters. The van der Waals surface area contributed by atoms with Crippen molar-refractivity contribution in [2.45, 2.75) is 12.5 Å². The molecule has 0 aliphatic heterocycles. The van der Waals surface area contributed by atoms with E-state index < -0.39 is 11.7 Å². The number of Topliss-reactive ketones (excluding diaryl/α,β-unsaturated/α-hetero) is 1. The van der Waals surface area contributed by atoms with Crippen LogP contribution >= 0.6 is 0 Å². The van der Waals surface area contributed by atoms with Crippen molar-refractivity contribution in [3.8, 4) is 5.75 Å². The summed E-state index contributed by atoms with van der Waals surface area (Å²) < 4.78 is 5.27. The molecule has 0 spiro atoms. The molecule has 5 nitrogen and oxygen atoms in total. The lowest BCUT2D eigenvalue weighted by atomic mass is 9.96. The SMILES string of the molecule is COc1ccc([C@@H](Cc2ccccc2)N(C)C(=O)C(=O)c2c[nH]c3ccccc23)cc1. The summed E-state index contributed by atoms with van der Waals surface area (Å²) in [5.41, 5.74) is 3.24. The Hall–Kier alpha value is -3.86. The molecule has 0 saturated carbocycles. The summed E-state index contributed by atoms with van der Waals surface area (Å²) in [6, 6.07) is 24.7. The summed E-state index contributed by atoms with van der Waals surface area (Å²) in [5, 5.41) is 0.748. The van der Waals surface area contributed by atoms with E-state index in [0.29, 0.717) is 12.0 Å². The number of carbonyl (C=O) groups is 2. The Bertz CT molecular complexity index is 1200. The Balaban J connectivity index is 1.65. The highest BCUT2D eigenvalue weighted by molar-refractivity contribution is 6.44. The summed E-state index contributed by atoms with van der Waals surface area (Å²) in [4.78, 5) is 31.0. The highest BCUT2D eigenvalue weighted by Crippen LogP contribution is 2.27. The number of methoxy groups -OCH3 is 1. The molecule has 0 radical (unpaired) electrons. The molecule has 4 rings (SSSR count). The molecule has 4 aromatic rings. The molecule has 0 saturated heterocycles. The van der Waals surface area contributed by atoms with Crippen LogP contribution < -0.4 is 4.74 Å². The van der Waals surface area contributed by atoms with Gasteiger partial charge in [0.25, 0.3) is 11.7 Å². The maximum Gasteiger partial charge on any atom is 0.295 e. The van der Waals surface area contributed by atoms with E-state index in [-0.39, 0.29) is 6.04 Å². The lowest BCUT2D eigenvalue weighted by Gasteiger charge is -2.28. The topological polar surface area (TPSA) is 62.4 Å². The normalized spacial score (nSPS) is 11.8. The quantitative estimate of drug-likeness (QED) is 0.350. The van der Waals surface area contributed by atoms with Gasteiger partial charge in [0.2, 0.25) is 0 Å². The lowest BCUT2D eigenvalue weighted by Crippen LogP contribution is -2.37. The van der Waals surface area contributed by atoms with Crippen molar-refractivity contribution in [3.05, 3.63) is 102 Å². The van der Waals surface area contributed by atoms with E-state index in [0.717, 1.165) is 27.8 Å². The largest absolute Gasteiger partial charge is 0.497 e. The number of aromatic nitrogens is 1. The molecule has 0 bridgehead atoms. The standard InChI is InChI=1S/C26H24N2O3/c1-28(26(30)25(29)22-17-27-23-11-7-6-10-21(22)23)24(16-18-8-4-3-5-9-18)19-12-14-20(31-2)15-13-19/h3-15,17,24,27H,16H2,1-2H3/t24-/m1/s1. The summed E-state index contributed by atoms with van der Waals surface area (Å²) in [5.74, 6) is -0.320. The van der Waals surface area contributed by atoms with E-state index in [9.17, 15) is 9.59 Å². The number of amides is 1. The van der Waals surface area contributed by atoms with Gasteiger partial charge in [-0.15, -0.1) is 0 Å². The first-order valence-electron chi connectivity index (χ1n) is 10.1. The van der Waals surface area contributed by atoms with Gasteiger partial charge >= 0.3 is 0 Å². The van der Waals surface area contributed by atoms with Crippen molar-refractivity contribution < 1.29 is 14.3 Å². The number of hydrogen-bond acceptors (Lipinski definition) is 3. The maximum atomic E-state index is 13.3.